The molecule has 2 N–H and O–H groups in total. The highest BCUT2D eigenvalue weighted by atomic mass is 35.5. The molecular formula is C25H27Cl2F3N6. The van der Waals surface area contributed by atoms with Crippen molar-refractivity contribution in [2.75, 3.05) is 38.5 Å². The van der Waals surface area contributed by atoms with E-state index in [9.17, 15) is 13.2 Å². The van der Waals surface area contributed by atoms with E-state index in [-0.39, 0.29) is 11.9 Å². The van der Waals surface area contributed by atoms with E-state index in [0.29, 0.717) is 24.7 Å². The minimum atomic E-state index is -4.61. The summed E-state index contributed by atoms with van der Waals surface area (Å²) in [7, 11) is 1.86. The van der Waals surface area contributed by atoms with Crippen LogP contribution in [0, 0.1) is 0 Å². The van der Waals surface area contributed by atoms with E-state index in [1.165, 1.54) is 17.7 Å². The summed E-state index contributed by atoms with van der Waals surface area (Å²) >= 11 is 11.9. The Labute approximate surface area is 217 Å². The fourth-order valence-electron chi connectivity index (χ4n) is 4.48. The Hall–Kier alpha value is -2.75. The van der Waals surface area contributed by atoms with Gasteiger partial charge >= 0.3 is 6.18 Å². The number of rotatable bonds is 9. The third-order valence-corrected chi connectivity index (χ3v) is 6.77. The topological polar surface area (TPSA) is 59.6 Å². The molecule has 0 fully saturated rings. The molecule has 1 atom stereocenters. The van der Waals surface area contributed by atoms with Crippen LogP contribution < -0.4 is 5.32 Å². The van der Waals surface area contributed by atoms with E-state index >= 15 is 0 Å². The highest BCUT2D eigenvalue weighted by molar-refractivity contribution is 6.31. The molecule has 3 aromatic rings. The van der Waals surface area contributed by atoms with Crippen molar-refractivity contribution in [2.24, 2.45) is 4.99 Å². The summed E-state index contributed by atoms with van der Waals surface area (Å²) in [5, 5.41) is 4.41. The molecule has 36 heavy (non-hydrogen) atoms. The molecule has 6 nitrogen and oxygen atoms in total. The van der Waals surface area contributed by atoms with Crippen LogP contribution in [0.4, 0.5) is 19.0 Å². The number of halogens is 5. The number of benzene rings is 1. The van der Waals surface area contributed by atoms with E-state index in [1.807, 2.05) is 25.2 Å². The summed E-state index contributed by atoms with van der Waals surface area (Å²) in [5.74, 6) is 0.137. The molecule has 11 heteroatoms. The Bertz CT molecular complexity index is 1260. The Morgan fingerprint density at radius 2 is 2.11 bits per heavy atom. The van der Waals surface area contributed by atoms with Crippen LogP contribution in [0.15, 0.2) is 48.1 Å². The van der Waals surface area contributed by atoms with Gasteiger partial charge in [0.1, 0.15) is 5.82 Å². The van der Waals surface area contributed by atoms with Crippen LogP contribution >= 0.6 is 23.2 Å². The van der Waals surface area contributed by atoms with Gasteiger partial charge in [-0.25, -0.2) is 4.98 Å². The second-order valence-corrected chi connectivity index (χ2v) is 9.46. The van der Waals surface area contributed by atoms with Gasteiger partial charge in [-0.1, -0.05) is 29.8 Å². The van der Waals surface area contributed by atoms with E-state index in [4.69, 9.17) is 23.2 Å². The average molecular weight is 539 g/mol. The number of aromatic nitrogens is 2. The number of nitrogens with one attached hydrogen (secondary N) is 2. The van der Waals surface area contributed by atoms with Gasteiger partial charge in [-0.05, 0) is 54.9 Å². The fraction of sp³-hybridized carbons (Fsp3) is 0.360. The molecule has 1 aliphatic heterocycles. The third-order valence-electron chi connectivity index (χ3n) is 6.23. The van der Waals surface area contributed by atoms with Crippen molar-refractivity contribution in [3.05, 3.63) is 70.1 Å². The zero-order valence-corrected chi connectivity index (χ0v) is 21.3. The second-order valence-electron chi connectivity index (χ2n) is 8.62. The van der Waals surface area contributed by atoms with Crippen LogP contribution in [-0.2, 0) is 12.6 Å². The van der Waals surface area contributed by atoms with Gasteiger partial charge in [-0.3, -0.25) is 9.89 Å². The van der Waals surface area contributed by atoms with Gasteiger partial charge in [0.15, 0.2) is 5.69 Å². The van der Waals surface area contributed by atoms with Gasteiger partial charge < -0.3 is 15.2 Å². The van der Waals surface area contributed by atoms with Crippen LogP contribution in [0.3, 0.4) is 0 Å². The van der Waals surface area contributed by atoms with Crippen LogP contribution in [0.25, 0.3) is 10.9 Å². The molecule has 0 saturated heterocycles. The zero-order chi connectivity index (χ0) is 25.9. The highest BCUT2D eigenvalue weighted by Gasteiger charge is 2.35. The SMILES string of the molecule is C=CN(C)C=NCCC1c2[nH]c3ccc(Cl)cc3c2CCN1CCNc1ccc(Cl)c(C(F)(F)F)n1. The molecule has 0 aliphatic carbocycles. The maximum atomic E-state index is 13.2. The number of hydrogen-bond acceptors (Lipinski definition) is 4. The first-order valence-electron chi connectivity index (χ1n) is 11.5. The monoisotopic (exact) mass is 538 g/mol. The Balaban J connectivity index is 1.50. The fourth-order valence-corrected chi connectivity index (χ4v) is 4.86. The number of aliphatic imine (C=N–C) groups is 1. The van der Waals surface area contributed by atoms with Crippen molar-refractivity contribution in [2.45, 2.75) is 25.1 Å². The maximum absolute atomic E-state index is 13.2. The zero-order valence-electron chi connectivity index (χ0n) is 19.7. The molecular weight excluding hydrogens is 512 g/mol. The molecule has 3 heterocycles. The molecule has 0 radical (unpaired) electrons. The lowest BCUT2D eigenvalue weighted by Gasteiger charge is -2.35. The number of aromatic amines is 1. The largest absolute Gasteiger partial charge is 0.434 e. The summed E-state index contributed by atoms with van der Waals surface area (Å²) in [4.78, 5) is 15.8. The van der Waals surface area contributed by atoms with Crippen LogP contribution in [0.1, 0.15) is 29.4 Å². The highest BCUT2D eigenvalue weighted by Crippen LogP contribution is 2.37. The maximum Gasteiger partial charge on any atom is 0.434 e. The molecule has 1 aliphatic rings. The number of alkyl halides is 3. The minimum absolute atomic E-state index is 0.0665. The molecule has 4 rings (SSSR count). The minimum Gasteiger partial charge on any atom is -0.369 e. The quantitative estimate of drug-likeness (QED) is 0.244. The number of nitrogens with zero attached hydrogens (tertiary/aromatic N) is 4. The molecule has 1 unspecified atom stereocenters. The van der Waals surface area contributed by atoms with Gasteiger partial charge in [-0.2, -0.15) is 13.2 Å². The molecule has 192 valence electrons. The Morgan fingerprint density at radius 3 is 2.86 bits per heavy atom. The second kappa shape index (κ2) is 11.1. The van der Waals surface area contributed by atoms with Crippen molar-refractivity contribution >= 4 is 46.3 Å². The normalized spacial score (nSPS) is 16.4. The van der Waals surface area contributed by atoms with Crippen LogP contribution in [0.2, 0.25) is 10.0 Å². The number of pyridine rings is 1. The first-order valence-corrected chi connectivity index (χ1v) is 12.3. The van der Waals surface area contributed by atoms with E-state index in [0.717, 1.165) is 36.0 Å². The standard InChI is InChI=1S/C25H27Cl2F3N6/c1-3-35(2)15-31-10-8-21-23-17(18-14-16(26)4-6-20(18)33-23)9-12-36(21)13-11-32-22-7-5-19(27)24(34-22)25(28,29)30/h3-7,14-15,21,33H,1,8-13H2,2H3,(H,32,34). The number of fused-ring (bicyclic) bond motifs is 3. The summed E-state index contributed by atoms with van der Waals surface area (Å²) in [6.45, 7) is 6.16. The van der Waals surface area contributed by atoms with Crippen molar-refractivity contribution < 1.29 is 13.2 Å². The van der Waals surface area contributed by atoms with Crippen LogP contribution in [-0.4, -0.2) is 59.3 Å². The summed E-state index contributed by atoms with van der Waals surface area (Å²) in [6, 6.07) is 8.57. The van der Waals surface area contributed by atoms with Crippen LogP contribution in [0.5, 0.6) is 0 Å². The number of hydrogen-bond donors (Lipinski definition) is 2. The number of anilines is 1. The molecule has 0 bridgehead atoms. The predicted molar refractivity (Wildman–Crippen MR) is 140 cm³/mol. The first kappa shape index (κ1) is 26.3. The first-order chi connectivity index (χ1) is 17.2. The lowest BCUT2D eigenvalue weighted by Crippen LogP contribution is -2.38. The van der Waals surface area contributed by atoms with Crippen molar-refractivity contribution in [3.8, 4) is 0 Å². The van der Waals surface area contributed by atoms with Gasteiger partial charge in [-0.15, -0.1) is 0 Å². The van der Waals surface area contributed by atoms with Crippen molar-refractivity contribution in [3.63, 3.8) is 0 Å². The van der Waals surface area contributed by atoms with Gasteiger partial charge in [0.2, 0.25) is 0 Å². The lowest BCUT2D eigenvalue weighted by atomic mass is 9.95. The van der Waals surface area contributed by atoms with Crippen molar-refractivity contribution in [1.82, 2.24) is 19.8 Å². The molecule has 2 aromatic heterocycles. The van der Waals surface area contributed by atoms with E-state index in [1.54, 1.807) is 17.4 Å². The Kier molecular flexibility index (Phi) is 8.12. The molecule has 0 amide bonds. The van der Waals surface area contributed by atoms with Gasteiger partial charge in [0, 0.05) is 54.8 Å². The van der Waals surface area contributed by atoms with E-state index in [2.05, 4.69) is 31.8 Å². The third kappa shape index (κ3) is 5.96. The lowest BCUT2D eigenvalue weighted by molar-refractivity contribution is -0.141. The molecule has 0 saturated carbocycles. The number of H-pyrrole nitrogens is 1. The molecule has 0 spiro atoms. The predicted octanol–water partition coefficient (Wildman–Crippen LogP) is 6.39. The summed E-state index contributed by atoms with van der Waals surface area (Å²) < 4.78 is 39.5. The van der Waals surface area contributed by atoms with Gasteiger partial charge in [0.25, 0.3) is 0 Å². The van der Waals surface area contributed by atoms with Gasteiger partial charge in [0.05, 0.1) is 17.4 Å². The Morgan fingerprint density at radius 1 is 1.31 bits per heavy atom. The summed E-state index contributed by atoms with van der Waals surface area (Å²) in [5.41, 5.74) is 2.33. The van der Waals surface area contributed by atoms with Crippen molar-refractivity contribution in [1.29, 1.82) is 0 Å². The molecule has 1 aromatic carbocycles. The van der Waals surface area contributed by atoms with E-state index < -0.39 is 16.9 Å². The smallest absolute Gasteiger partial charge is 0.369 e. The summed E-state index contributed by atoms with van der Waals surface area (Å²) in [6.07, 6.45) is 0.412. The average Bonchev–Trinajstić information content (AvgIpc) is 3.20.